The van der Waals surface area contributed by atoms with Crippen molar-refractivity contribution < 1.29 is 18.5 Å². The summed E-state index contributed by atoms with van der Waals surface area (Å²) in [7, 11) is 1.47. The van der Waals surface area contributed by atoms with Crippen molar-refractivity contribution in [2.24, 2.45) is 0 Å². The molecule has 1 aromatic heterocycles. The van der Waals surface area contributed by atoms with E-state index in [9.17, 15) is 14.0 Å². The Balaban J connectivity index is 2.01. The van der Waals surface area contributed by atoms with Gasteiger partial charge < -0.3 is 14.7 Å². The van der Waals surface area contributed by atoms with Gasteiger partial charge in [-0.2, -0.15) is 0 Å². The number of hydrogen-bond acceptors (Lipinski definition) is 4. The Bertz CT molecular complexity index is 712. The molecule has 1 heterocycles. The van der Waals surface area contributed by atoms with Gasteiger partial charge in [0, 0.05) is 18.7 Å². The molecule has 0 atom stereocenters. The zero-order chi connectivity index (χ0) is 16.3. The molecule has 0 aliphatic carbocycles. The molecule has 116 valence electrons. The van der Waals surface area contributed by atoms with E-state index in [2.05, 4.69) is 10.5 Å². The van der Waals surface area contributed by atoms with E-state index in [-0.39, 0.29) is 17.9 Å². The second-order valence-corrected chi connectivity index (χ2v) is 4.99. The van der Waals surface area contributed by atoms with Gasteiger partial charge in [0.15, 0.2) is 5.82 Å². The monoisotopic (exact) mass is 305 g/mol. The molecule has 0 unspecified atom stereocenters. The minimum Gasteiger partial charge on any atom is -0.360 e. The van der Waals surface area contributed by atoms with Crippen LogP contribution in [0.5, 0.6) is 0 Å². The number of carbonyl (C=O) groups is 2. The number of aromatic nitrogens is 1. The van der Waals surface area contributed by atoms with Gasteiger partial charge in [0.2, 0.25) is 5.91 Å². The highest BCUT2D eigenvalue weighted by Crippen LogP contribution is 2.13. The third kappa shape index (κ3) is 3.69. The van der Waals surface area contributed by atoms with Gasteiger partial charge in [-0.3, -0.25) is 9.59 Å². The molecule has 0 saturated carbocycles. The highest BCUT2D eigenvalue weighted by atomic mass is 19.1. The Morgan fingerprint density at radius 2 is 2.05 bits per heavy atom. The average molecular weight is 305 g/mol. The maximum Gasteiger partial charge on any atom is 0.254 e. The molecule has 1 aromatic carbocycles. The largest absolute Gasteiger partial charge is 0.360 e. The number of anilines is 1. The van der Waals surface area contributed by atoms with Gasteiger partial charge in [-0.05, 0) is 31.5 Å². The van der Waals surface area contributed by atoms with Crippen molar-refractivity contribution in [1.29, 1.82) is 0 Å². The molecular weight excluding hydrogens is 289 g/mol. The fraction of sp³-hybridized carbons (Fsp3) is 0.267. The van der Waals surface area contributed by atoms with Crippen molar-refractivity contribution in [3.05, 3.63) is 47.0 Å². The average Bonchev–Trinajstić information content (AvgIpc) is 2.85. The van der Waals surface area contributed by atoms with E-state index in [1.54, 1.807) is 19.9 Å². The van der Waals surface area contributed by atoms with Gasteiger partial charge in [-0.15, -0.1) is 0 Å². The molecule has 0 aliphatic rings. The van der Waals surface area contributed by atoms with Crippen molar-refractivity contribution in [2.45, 2.75) is 13.8 Å². The lowest BCUT2D eigenvalue weighted by atomic mass is 10.1. The smallest absolute Gasteiger partial charge is 0.254 e. The first-order valence-electron chi connectivity index (χ1n) is 6.61. The minimum atomic E-state index is -0.495. The van der Waals surface area contributed by atoms with Crippen molar-refractivity contribution in [3.8, 4) is 0 Å². The molecule has 2 aromatic rings. The number of likely N-dealkylation sites (N-methyl/N-ethyl adjacent to an activating group) is 1. The van der Waals surface area contributed by atoms with Gasteiger partial charge in [0.25, 0.3) is 5.91 Å². The van der Waals surface area contributed by atoms with Crippen LogP contribution in [-0.2, 0) is 4.79 Å². The Kier molecular flexibility index (Phi) is 4.55. The Morgan fingerprint density at radius 3 is 2.68 bits per heavy atom. The predicted octanol–water partition coefficient (Wildman–Crippen LogP) is 2.14. The molecule has 2 rings (SSSR count). The SMILES string of the molecule is Cc1cc(NC(=O)CN(C)C(=O)c2cc(F)ccc2C)no1. The number of rotatable bonds is 4. The van der Waals surface area contributed by atoms with Gasteiger partial charge >= 0.3 is 0 Å². The van der Waals surface area contributed by atoms with Crippen LogP contribution in [0.25, 0.3) is 0 Å². The van der Waals surface area contributed by atoms with Crippen LogP contribution in [-0.4, -0.2) is 35.5 Å². The van der Waals surface area contributed by atoms with E-state index in [1.807, 2.05) is 0 Å². The number of nitrogens with one attached hydrogen (secondary N) is 1. The van der Waals surface area contributed by atoms with Crippen LogP contribution in [0.15, 0.2) is 28.8 Å². The van der Waals surface area contributed by atoms with Crippen LogP contribution in [0.3, 0.4) is 0 Å². The lowest BCUT2D eigenvalue weighted by molar-refractivity contribution is -0.116. The van der Waals surface area contributed by atoms with E-state index >= 15 is 0 Å². The topological polar surface area (TPSA) is 75.4 Å². The number of nitrogens with zero attached hydrogens (tertiary/aromatic N) is 2. The number of aryl methyl sites for hydroxylation is 2. The standard InChI is InChI=1S/C15H16FN3O3/c1-9-4-5-11(16)7-12(9)15(21)19(3)8-14(20)17-13-6-10(2)22-18-13/h4-7H,8H2,1-3H3,(H,17,18,20). The fourth-order valence-corrected chi connectivity index (χ4v) is 1.93. The molecule has 2 amide bonds. The normalized spacial score (nSPS) is 10.4. The van der Waals surface area contributed by atoms with Gasteiger partial charge in [0.1, 0.15) is 11.6 Å². The number of benzene rings is 1. The minimum absolute atomic E-state index is 0.180. The zero-order valence-corrected chi connectivity index (χ0v) is 12.5. The molecule has 7 heteroatoms. The molecule has 0 aliphatic heterocycles. The molecule has 0 bridgehead atoms. The van der Waals surface area contributed by atoms with E-state index in [1.165, 1.54) is 24.1 Å². The van der Waals surface area contributed by atoms with Crippen LogP contribution >= 0.6 is 0 Å². The summed E-state index contributed by atoms with van der Waals surface area (Å²) >= 11 is 0. The van der Waals surface area contributed by atoms with E-state index in [0.29, 0.717) is 11.3 Å². The summed E-state index contributed by atoms with van der Waals surface area (Å²) in [4.78, 5) is 25.3. The van der Waals surface area contributed by atoms with Gasteiger partial charge in [-0.1, -0.05) is 11.2 Å². The number of hydrogen-bond donors (Lipinski definition) is 1. The molecule has 0 fully saturated rings. The molecule has 6 nitrogen and oxygen atoms in total. The molecule has 0 radical (unpaired) electrons. The van der Waals surface area contributed by atoms with E-state index < -0.39 is 17.6 Å². The van der Waals surface area contributed by atoms with Crippen molar-refractivity contribution >= 4 is 17.6 Å². The number of amides is 2. The maximum absolute atomic E-state index is 13.3. The molecule has 22 heavy (non-hydrogen) atoms. The maximum atomic E-state index is 13.3. The van der Waals surface area contributed by atoms with E-state index in [4.69, 9.17) is 4.52 Å². The fourth-order valence-electron chi connectivity index (χ4n) is 1.93. The van der Waals surface area contributed by atoms with Crippen LogP contribution in [0.4, 0.5) is 10.2 Å². The first-order valence-corrected chi connectivity index (χ1v) is 6.61. The highest BCUT2D eigenvalue weighted by Gasteiger charge is 2.18. The molecule has 1 N–H and O–H groups in total. The van der Waals surface area contributed by atoms with Crippen LogP contribution in [0.2, 0.25) is 0 Å². The second-order valence-electron chi connectivity index (χ2n) is 4.99. The zero-order valence-electron chi connectivity index (χ0n) is 12.5. The Labute approximate surface area is 126 Å². The summed E-state index contributed by atoms with van der Waals surface area (Å²) in [5.41, 5.74) is 0.873. The first kappa shape index (κ1) is 15.7. The van der Waals surface area contributed by atoms with Crippen LogP contribution < -0.4 is 5.32 Å². The highest BCUT2D eigenvalue weighted by molar-refractivity contribution is 5.99. The Hall–Kier alpha value is -2.70. The van der Waals surface area contributed by atoms with Crippen molar-refractivity contribution in [2.75, 3.05) is 18.9 Å². The Morgan fingerprint density at radius 1 is 1.32 bits per heavy atom. The van der Waals surface area contributed by atoms with Crippen LogP contribution in [0.1, 0.15) is 21.7 Å². The van der Waals surface area contributed by atoms with Crippen molar-refractivity contribution in [1.82, 2.24) is 10.1 Å². The summed E-state index contributed by atoms with van der Waals surface area (Å²) < 4.78 is 18.1. The molecule has 0 spiro atoms. The first-order chi connectivity index (χ1) is 10.4. The summed E-state index contributed by atoms with van der Waals surface area (Å²) in [6.07, 6.45) is 0. The van der Waals surface area contributed by atoms with Gasteiger partial charge in [-0.25, -0.2) is 4.39 Å². The third-order valence-corrected chi connectivity index (χ3v) is 3.05. The number of halogens is 1. The predicted molar refractivity (Wildman–Crippen MR) is 78.0 cm³/mol. The summed E-state index contributed by atoms with van der Waals surface area (Å²) in [5.74, 6) is -0.494. The van der Waals surface area contributed by atoms with Crippen LogP contribution in [0, 0.1) is 19.7 Å². The summed E-state index contributed by atoms with van der Waals surface area (Å²) in [5, 5.41) is 6.15. The molecular formula is C15H16FN3O3. The molecule has 0 saturated heterocycles. The summed E-state index contributed by atoms with van der Waals surface area (Å²) in [6, 6.07) is 5.53. The van der Waals surface area contributed by atoms with E-state index in [0.717, 1.165) is 6.07 Å². The second kappa shape index (κ2) is 6.38. The third-order valence-electron chi connectivity index (χ3n) is 3.05. The van der Waals surface area contributed by atoms with Crippen molar-refractivity contribution in [3.63, 3.8) is 0 Å². The lowest BCUT2D eigenvalue weighted by Gasteiger charge is -2.17. The lowest BCUT2D eigenvalue weighted by Crippen LogP contribution is -2.35. The number of carbonyl (C=O) groups excluding carboxylic acids is 2. The van der Waals surface area contributed by atoms with Gasteiger partial charge in [0.05, 0.1) is 6.54 Å². The quantitative estimate of drug-likeness (QED) is 0.939. The summed E-state index contributed by atoms with van der Waals surface area (Å²) in [6.45, 7) is 3.23.